The largest absolute Gasteiger partial charge is 0.466 e. The normalized spacial score (nSPS) is 15.2. The molecule has 0 saturated carbocycles. The molecule has 1 amide bonds. The van der Waals surface area contributed by atoms with Gasteiger partial charge in [-0.05, 0) is 44.4 Å². The topological polar surface area (TPSA) is 64.7 Å². The molecule has 3 heterocycles. The average Bonchev–Trinajstić information content (AvgIpc) is 3.30. The summed E-state index contributed by atoms with van der Waals surface area (Å²) in [5, 5.41) is 0. The second-order valence-corrected chi connectivity index (χ2v) is 8.24. The summed E-state index contributed by atoms with van der Waals surface area (Å²) in [4.78, 5) is 27.0. The minimum Gasteiger partial charge on any atom is -0.466 e. The Morgan fingerprint density at radius 2 is 1.88 bits per heavy atom. The van der Waals surface area contributed by atoms with E-state index in [9.17, 15) is 22.8 Å². The fraction of sp³-hybridized carbons (Fsp3) is 0.417. The van der Waals surface area contributed by atoms with Gasteiger partial charge in [-0.3, -0.25) is 9.59 Å². The molecule has 0 aliphatic carbocycles. The molecule has 1 fully saturated rings. The van der Waals surface area contributed by atoms with Crippen LogP contribution in [0.1, 0.15) is 47.1 Å². The van der Waals surface area contributed by atoms with Crippen LogP contribution in [0.25, 0.3) is 11.1 Å². The van der Waals surface area contributed by atoms with Crippen molar-refractivity contribution in [2.75, 3.05) is 19.7 Å². The highest BCUT2D eigenvalue weighted by atomic mass is 19.4. The van der Waals surface area contributed by atoms with Gasteiger partial charge < -0.3 is 18.6 Å². The first-order valence-electron chi connectivity index (χ1n) is 10.9. The van der Waals surface area contributed by atoms with Crippen molar-refractivity contribution in [1.82, 2.24) is 9.47 Å². The Kier molecular flexibility index (Phi) is 6.23. The maximum atomic E-state index is 13.4. The summed E-state index contributed by atoms with van der Waals surface area (Å²) in [6.07, 6.45) is -3.43. The van der Waals surface area contributed by atoms with Crippen LogP contribution in [0.3, 0.4) is 0 Å². The number of aryl methyl sites for hydroxylation is 1. The number of carbonyl (C=O) groups is 2. The van der Waals surface area contributed by atoms with Crippen molar-refractivity contribution in [2.24, 2.45) is 5.92 Å². The summed E-state index contributed by atoms with van der Waals surface area (Å²) in [6, 6.07) is 8.49. The molecule has 0 bridgehead atoms. The highest BCUT2D eigenvalue weighted by Crippen LogP contribution is 2.31. The monoisotopic (exact) mass is 462 g/mol. The van der Waals surface area contributed by atoms with Gasteiger partial charge in [-0.15, -0.1) is 0 Å². The van der Waals surface area contributed by atoms with E-state index in [1.54, 1.807) is 41.5 Å². The van der Waals surface area contributed by atoms with Crippen molar-refractivity contribution in [1.29, 1.82) is 0 Å². The zero-order valence-electron chi connectivity index (χ0n) is 18.4. The smallest absolute Gasteiger partial charge is 0.416 e. The first-order chi connectivity index (χ1) is 15.7. The van der Waals surface area contributed by atoms with Crippen molar-refractivity contribution in [2.45, 2.75) is 39.4 Å². The zero-order valence-corrected chi connectivity index (χ0v) is 18.4. The molecule has 33 heavy (non-hydrogen) atoms. The second-order valence-electron chi connectivity index (χ2n) is 8.24. The summed E-state index contributed by atoms with van der Waals surface area (Å²) in [7, 11) is 0. The number of furan rings is 1. The molecular weight excluding hydrogens is 437 g/mol. The van der Waals surface area contributed by atoms with Gasteiger partial charge in [0.05, 0.1) is 23.6 Å². The number of ether oxygens (including phenoxy) is 1. The summed E-state index contributed by atoms with van der Waals surface area (Å²) >= 11 is 0. The Morgan fingerprint density at radius 1 is 1.15 bits per heavy atom. The maximum absolute atomic E-state index is 13.4. The molecule has 0 unspecified atom stereocenters. The second kappa shape index (κ2) is 8.96. The van der Waals surface area contributed by atoms with Gasteiger partial charge in [0.15, 0.2) is 5.58 Å². The highest BCUT2D eigenvalue weighted by molar-refractivity contribution is 5.98. The first kappa shape index (κ1) is 22.9. The number of hydrogen-bond donors (Lipinski definition) is 0. The number of nitrogens with zero attached hydrogens (tertiary/aromatic N) is 2. The Balaban J connectivity index is 1.60. The van der Waals surface area contributed by atoms with Crippen LogP contribution in [-0.2, 0) is 22.3 Å². The fourth-order valence-electron chi connectivity index (χ4n) is 4.28. The molecule has 176 valence electrons. The predicted octanol–water partition coefficient (Wildman–Crippen LogP) is 5.03. The lowest BCUT2D eigenvalue weighted by Gasteiger charge is -2.31. The predicted molar refractivity (Wildman–Crippen MR) is 115 cm³/mol. The number of alkyl halides is 3. The minimum atomic E-state index is -4.45. The van der Waals surface area contributed by atoms with Gasteiger partial charge >= 0.3 is 12.1 Å². The molecule has 1 aromatic carbocycles. The lowest BCUT2D eigenvalue weighted by molar-refractivity contribution is -0.149. The third-order valence-electron chi connectivity index (χ3n) is 5.93. The van der Waals surface area contributed by atoms with E-state index in [0.717, 1.165) is 12.1 Å². The van der Waals surface area contributed by atoms with Crippen molar-refractivity contribution in [3.63, 3.8) is 0 Å². The van der Waals surface area contributed by atoms with Gasteiger partial charge in [-0.2, -0.15) is 13.2 Å². The molecule has 4 rings (SSSR count). The van der Waals surface area contributed by atoms with Gasteiger partial charge in [-0.1, -0.05) is 12.1 Å². The number of piperidine rings is 1. The van der Waals surface area contributed by atoms with Crippen LogP contribution in [0.15, 0.2) is 40.8 Å². The van der Waals surface area contributed by atoms with Crippen LogP contribution in [-0.4, -0.2) is 41.0 Å². The SMILES string of the molecule is CCOC(=O)C1CCN(C(=O)c2cc3oc(C)cc3n2Cc2cccc(C(F)(F)F)c2)CC1. The van der Waals surface area contributed by atoms with Gasteiger partial charge in [0.1, 0.15) is 11.5 Å². The molecule has 1 aliphatic rings. The van der Waals surface area contributed by atoms with E-state index in [0.29, 0.717) is 60.7 Å². The Labute approximate surface area is 188 Å². The number of rotatable bonds is 5. The van der Waals surface area contributed by atoms with Crippen LogP contribution in [0.4, 0.5) is 13.2 Å². The Bertz CT molecular complexity index is 1170. The summed E-state index contributed by atoms with van der Waals surface area (Å²) in [5.74, 6) is -0.0734. The Morgan fingerprint density at radius 3 is 2.55 bits per heavy atom. The number of benzene rings is 1. The van der Waals surface area contributed by atoms with Crippen molar-refractivity contribution >= 4 is 23.0 Å². The fourth-order valence-corrected chi connectivity index (χ4v) is 4.28. The molecule has 3 aromatic rings. The molecule has 1 aliphatic heterocycles. The van der Waals surface area contributed by atoms with Gasteiger partial charge in [0.2, 0.25) is 0 Å². The van der Waals surface area contributed by atoms with E-state index in [2.05, 4.69) is 0 Å². The van der Waals surface area contributed by atoms with Crippen molar-refractivity contribution in [3.05, 3.63) is 59.0 Å². The molecule has 0 atom stereocenters. The first-order valence-corrected chi connectivity index (χ1v) is 10.9. The van der Waals surface area contributed by atoms with Crippen LogP contribution in [0.2, 0.25) is 0 Å². The molecule has 1 saturated heterocycles. The summed E-state index contributed by atoms with van der Waals surface area (Å²) in [6.45, 7) is 4.74. The molecular formula is C24H25F3N2O4. The summed E-state index contributed by atoms with van der Waals surface area (Å²) < 4.78 is 52.0. The van der Waals surface area contributed by atoms with E-state index in [1.807, 2.05) is 0 Å². The van der Waals surface area contributed by atoms with E-state index >= 15 is 0 Å². The standard InChI is InChI=1S/C24H25F3N2O4/c1-3-32-23(31)17-7-9-28(10-8-17)22(30)20-13-21-19(11-15(2)33-21)29(20)14-16-5-4-6-18(12-16)24(25,26)27/h4-6,11-13,17H,3,7-10,14H2,1-2H3. The number of amides is 1. The minimum absolute atomic E-state index is 0.0900. The number of halogens is 3. The number of fused-ring (bicyclic) bond motifs is 1. The average molecular weight is 462 g/mol. The molecule has 2 aromatic heterocycles. The molecule has 0 radical (unpaired) electrons. The molecule has 6 nitrogen and oxygen atoms in total. The lowest BCUT2D eigenvalue weighted by Crippen LogP contribution is -2.41. The highest BCUT2D eigenvalue weighted by Gasteiger charge is 2.32. The third kappa shape index (κ3) is 4.77. The van der Waals surface area contributed by atoms with Gasteiger partial charge in [-0.25, -0.2) is 0 Å². The van der Waals surface area contributed by atoms with E-state index in [4.69, 9.17) is 9.15 Å². The van der Waals surface area contributed by atoms with Crippen LogP contribution < -0.4 is 0 Å². The number of esters is 1. The zero-order chi connectivity index (χ0) is 23.8. The van der Waals surface area contributed by atoms with Crippen molar-refractivity contribution < 1.29 is 31.9 Å². The number of carbonyl (C=O) groups excluding carboxylic acids is 2. The summed E-state index contributed by atoms with van der Waals surface area (Å²) in [5.41, 5.74) is 1.19. The van der Waals surface area contributed by atoms with Gasteiger partial charge in [0, 0.05) is 31.8 Å². The lowest BCUT2D eigenvalue weighted by atomic mass is 9.97. The number of aromatic nitrogens is 1. The maximum Gasteiger partial charge on any atom is 0.416 e. The van der Waals surface area contributed by atoms with E-state index < -0.39 is 11.7 Å². The van der Waals surface area contributed by atoms with E-state index in [1.165, 1.54) is 6.07 Å². The molecule has 0 spiro atoms. The van der Waals surface area contributed by atoms with Crippen LogP contribution in [0, 0.1) is 12.8 Å². The van der Waals surface area contributed by atoms with Crippen molar-refractivity contribution in [3.8, 4) is 0 Å². The number of likely N-dealkylation sites (tertiary alicyclic amines) is 1. The van der Waals surface area contributed by atoms with Crippen LogP contribution in [0.5, 0.6) is 0 Å². The van der Waals surface area contributed by atoms with Gasteiger partial charge in [0.25, 0.3) is 5.91 Å². The number of hydrogen-bond acceptors (Lipinski definition) is 4. The molecule has 0 N–H and O–H groups in total. The van der Waals surface area contributed by atoms with Crippen LogP contribution >= 0.6 is 0 Å². The molecule has 9 heteroatoms. The Hall–Kier alpha value is -3.23. The van der Waals surface area contributed by atoms with E-state index in [-0.39, 0.29) is 24.3 Å². The quantitative estimate of drug-likeness (QED) is 0.499. The third-order valence-corrected chi connectivity index (χ3v) is 5.93.